The smallest absolute Gasteiger partial charge is 0.131 e. The Morgan fingerprint density at radius 1 is 1.42 bits per heavy atom. The van der Waals surface area contributed by atoms with Crippen LogP contribution in [0.3, 0.4) is 0 Å². The van der Waals surface area contributed by atoms with Gasteiger partial charge in [-0.3, -0.25) is 0 Å². The maximum Gasteiger partial charge on any atom is 0.131 e. The average Bonchev–Trinajstić information content (AvgIpc) is 2.82. The molecule has 1 aromatic carbocycles. The van der Waals surface area contributed by atoms with Gasteiger partial charge in [0, 0.05) is 24.0 Å². The van der Waals surface area contributed by atoms with Gasteiger partial charge >= 0.3 is 0 Å². The molecule has 0 bridgehead atoms. The van der Waals surface area contributed by atoms with Crippen molar-refractivity contribution in [1.82, 2.24) is 10.3 Å². The van der Waals surface area contributed by atoms with Gasteiger partial charge in [-0.25, -0.2) is 9.37 Å². The van der Waals surface area contributed by atoms with Gasteiger partial charge < -0.3 is 10.1 Å². The molecule has 0 aliphatic rings. The zero-order valence-corrected chi connectivity index (χ0v) is 11.8. The fourth-order valence-electron chi connectivity index (χ4n) is 1.50. The Hall–Kier alpha value is -1.46. The lowest BCUT2D eigenvalue weighted by molar-refractivity contribution is 0.300. The predicted molar refractivity (Wildman–Crippen MR) is 74.8 cm³/mol. The molecule has 19 heavy (non-hydrogen) atoms. The molecule has 0 saturated carbocycles. The number of ether oxygens (including phenoxy) is 1. The lowest BCUT2D eigenvalue weighted by Gasteiger charge is -2.05. The summed E-state index contributed by atoms with van der Waals surface area (Å²) in [6.45, 7) is 5.33. The molecule has 0 unspecified atom stereocenters. The largest absolute Gasteiger partial charge is 0.487 e. The number of benzene rings is 1. The summed E-state index contributed by atoms with van der Waals surface area (Å²) in [5, 5.41) is 6.32. The van der Waals surface area contributed by atoms with Crippen LogP contribution >= 0.6 is 11.3 Å². The fraction of sp³-hybridized carbons (Fsp3) is 0.357. The summed E-state index contributed by atoms with van der Waals surface area (Å²) in [6, 6.07) is 6.57. The quantitative estimate of drug-likeness (QED) is 0.881. The van der Waals surface area contributed by atoms with Crippen molar-refractivity contribution in [3.63, 3.8) is 0 Å². The van der Waals surface area contributed by atoms with E-state index in [1.165, 1.54) is 12.1 Å². The van der Waals surface area contributed by atoms with Gasteiger partial charge in [-0.2, -0.15) is 0 Å². The number of nitrogens with one attached hydrogen (secondary N) is 1. The van der Waals surface area contributed by atoms with Crippen LogP contribution < -0.4 is 10.1 Å². The van der Waals surface area contributed by atoms with E-state index in [1.807, 2.05) is 5.38 Å². The van der Waals surface area contributed by atoms with Crippen LogP contribution in [0, 0.1) is 5.82 Å². The number of hydrogen-bond donors (Lipinski definition) is 1. The van der Waals surface area contributed by atoms with Crippen LogP contribution in [-0.2, 0) is 13.2 Å². The summed E-state index contributed by atoms with van der Waals surface area (Å²) in [5.74, 6) is 0.229. The zero-order chi connectivity index (χ0) is 13.7. The number of nitrogens with zero attached hydrogens (tertiary/aromatic N) is 1. The normalized spacial score (nSPS) is 10.9. The van der Waals surface area contributed by atoms with Crippen LogP contribution in [-0.4, -0.2) is 11.0 Å². The van der Waals surface area contributed by atoms with Gasteiger partial charge in [0.1, 0.15) is 23.2 Å². The molecule has 0 aliphatic heterocycles. The molecule has 3 nitrogen and oxygen atoms in total. The number of rotatable bonds is 6. The second kappa shape index (κ2) is 6.63. The Labute approximate surface area is 116 Å². The summed E-state index contributed by atoms with van der Waals surface area (Å²) in [7, 11) is 0. The molecule has 2 rings (SSSR count). The summed E-state index contributed by atoms with van der Waals surface area (Å²) in [6.07, 6.45) is 0. The highest BCUT2D eigenvalue weighted by Crippen LogP contribution is 2.15. The standard InChI is InChI=1S/C14H17FN2OS/c1-10(2)16-7-14-17-12(9-19-14)8-18-13-5-3-4-11(15)6-13/h3-6,9-10,16H,7-8H2,1-2H3. The maximum absolute atomic E-state index is 13.0. The number of halogens is 1. The lowest BCUT2D eigenvalue weighted by atomic mass is 10.3. The summed E-state index contributed by atoms with van der Waals surface area (Å²) >= 11 is 1.60. The first-order chi connectivity index (χ1) is 9.13. The minimum atomic E-state index is -0.294. The van der Waals surface area contributed by atoms with Gasteiger partial charge in [0.25, 0.3) is 0 Å². The van der Waals surface area contributed by atoms with E-state index in [-0.39, 0.29) is 5.82 Å². The molecular formula is C14H17FN2OS. The zero-order valence-electron chi connectivity index (χ0n) is 11.0. The van der Waals surface area contributed by atoms with E-state index in [9.17, 15) is 4.39 Å². The molecule has 102 valence electrons. The molecule has 0 aliphatic carbocycles. The lowest BCUT2D eigenvalue weighted by Crippen LogP contribution is -2.21. The van der Waals surface area contributed by atoms with Gasteiger partial charge in [0.05, 0.1) is 5.69 Å². The first-order valence-electron chi connectivity index (χ1n) is 6.18. The third-order valence-electron chi connectivity index (χ3n) is 2.44. The van der Waals surface area contributed by atoms with Crippen LogP contribution in [0.2, 0.25) is 0 Å². The van der Waals surface area contributed by atoms with Crippen molar-refractivity contribution in [2.24, 2.45) is 0 Å². The van der Waals surface area contributed by atoms with E-state index in [0.717, 1.165) is 17.2 Å². The molecule has 2 aromatic rings. The Bertz CT molecular complexity index is 528. The van der Waals surface area contributed by atoms with E-state index >= 15 is 0 Å². The minimum Gasteiger partial charge on any atom is -0.487 e. The summed E-state index contributed by atoms with van der Waals surface area (Å²) in [4.78, 5) is 4.46. The van der Waals surface area contributed by atoms with Crippen molar-refractivity contribution in [1.29, 1.82) is 0 Å². The molecule has 0 atom stereocenters. The Morgan fingerprint density at radius 2 is 2.26 bits per heavy atom. The highest BCUT2D eigenvalue weighted by atomic mass is 32.1. The van der Waals surface area contributed by atoms with Gasteiger partial charge in [-0.05, 0) is 12.1 Å². The molecule has 0 spiro atoms. The van der Waals surface area contributed by atoms with Crippen molar-refractivity contribution in [2.75, 3.05) is 0 Å². The fourth-order valence-corrected chi connectivity index (χ4v) is 2.23. The van der Waals surface area contributed by atoms with Crippen LogP contribution in [0.15, 0.2) is 29.6 Å². The van der Waals surface area contributed by atoms with Crippen LogP contribution in [0.1, 0.15) is 24.5 Å². The highest BCUT2D eigenvalue weighted by molar-refractivity contribution is 7.09. The Kier molecular flexibility index (Phi) is 4.87. The van der Waals surface area contributed by atoms with Crippen molar-refractivity contribution in [3.8, 4) is 5.75 Å². The topological polar surface area (TPSA) is 34.2 Å². The summed E-state index contributed by atoms with van der Waals surface area (Å²) < 4.78 is 18.5. The average molecular weight is 280 g/mol. The first kappa shape index (κ1) is 14.0. The molecule has 0 radical (unpaired) electrons. The van der Waals surface area contributed by atoms with Gasteiger partial charge in [0.15, 0.2) is 0 Å². The first-order valence-corrected chi connectivity index (χ1v) is 7.06. The van der Waals surface area contributed by atoms with Crippen molar-refractivity contribution in [2.45, 2.75) is 33.0 Å². The Morgan fingerprint density at radius 3 is 3.00 bits per heavy atom. The van der Waals surface area contributed by atoms with Crippen LogP contribution in [0.5, 0.6) is 5.75 Å². The minimum absolute atomic E-state index is 0.294. The van der Waals surface area contributed by atoms with E-state index in [4.69, 9.17) is 4.74 Å². The summed E-state index contributed by atoms with van der Waals surface area (Å²) in [5.41, 5.74) is 0.870. The molecule has 1 aromatic heterocycles. The van der Waals surface area contributed by atoms with Gasteiger partial charge in [0.2, 0.25) is 0 Å². The van der Waals surface area contributed by atoms with Crippen LogP contribution in [0.4, 0.5) is 4.39 Å². The number of hydrogen-bond acceptors (Lipinski definition) is 4. The third-order valence-corrected chi connectivity index (χ3v) is 3.34. The molecule has 1 heterocycles. The molecule has 0 saturated heterocycles. The number of aromatic nitrogens is 1. The van der Waals surface area contributed by atoms with Crippen molar-refractivity contribution in [3.05, 3.63) is 46.2 Å². The van der Waals surface area contributed by atoms with E-state index < -0.39 is 0 Å². The molecule has 1 N–H and O–H groups in total. The SMILES string of the molecule is CC(C)NCc1nc(COc2cccc(F)c2)cs1. The third kappa shape index (κ3) is 4.61. The predicted octanol–water partition coefficient (Wildman–Crippen LogP) is 3.36. The molecule has 0 fully saturated rings. The van der Waals surface area contributed by atoms with E-state index in [2.05, 4.69) is 24.1 Å². The van der Waals surface area contributed by atoms with E-state index in [0.29, 0.717) is 18.4 Å². The second-order valence-electron chi connectivity index (χ2n) is 4.51. The van der Waals surface area contributed by atoms with E-state index in [1.54, 1.807) is 23.5 Å². The number of thiazole rings is 1. The second-order valence-corrected chi connectivity index (χ2v) is 5.46. The maximum atomic E-state index is 13.0. The van der Waals surface area contributed by atoms with Crippen molar-refractivity contribution >= 4 is 11.3 Å². The molecule has 0 amide bonds. The van der Waals surface area contributed by atoms with Gasteiger partial charge in [-0.15, -0.1) is 11.3 Å². The van der Waals surface area contributed by atoms with Gasteiger partial charge in [-0.1, -0.05) is 19.9 Å². The highest BCUT2D eigenvalue weighted by Gasteiger charge is 2.04. The van der Waals surface area contributed by atoms with Crippen molar-refractivity contribution < 1.29 is 9.13 Å². The molecular weight excluding hydrogens is 263 g/mol. The molecule has 5 heteroatoms. The van der Waals surface area contributed by atoms with Crippen LogP contribution in [0.25, 0.3) is 0 Å². The Balaban J connectivity index is 1.86. The monoisotopic (exact) mass is 280 g/mol.